The molecule has 60 valence electrons. The molecule has 0 fully saturated rings. The highest BCUT2D eigenvalue weighted by molar-refractivity contribution is 7.17. The molecule has 0 aliphatic rings. The number of aromatic nitrogens is 1. The van der Waals surface area contributed by atoms with Crippen LogP contribution in [0.15, 0.2) is 0 Å². The summed E-state index contributed by atoms with van der Waals surface area (Å²) in [7, 11) is 1.68. The smallest absolute Gasteiger partial charge is 0.235 e. The number of nitrogens with zero attached hydrogens (tertiary/aromatic N) is 1. The largest absolute Gasteiger partial charge is 0.492 e. The molecule has 4 nitrogen and oxygen atoms in total. The summed E-state index contributed by atoms with van der Waals surface area (Å²) in [6.45, 7) is 1.40. The molecule has 1 rings (SSSR count). The molecule has 5 heteroatoms. The minimum Gasteiger partial charge on any atom is -0.492 e. The van der Waals surface area contributed by atoms with Gasteiger partial charge in [0.1, 0.15) is 4.88 Å². The van der Waals surface area contributed by atoms with Crippen LogP contribution in [0.3, 0.4) is 0 Å². The van der Waals surface area contributed by atoms with Crippen molar-refractivity contribution in [2.45, 2.75) is 6.92 Å². The Morgan fingerprint density at radius 2 is 2.36 bits per heavy atom. The predicted molar refractivity (Wildman–Crippen MR) is 43.3 cm³/mol. The quantitative estimate of drug-likeness (QED) is 0.655. The number of hydrogen-bond donors (Lipinski definition) is 2. The van der Waals surface area contributed by atoms with Crippen LogP contribution in [0.5, 0.6) is 5.88 Å². The van der Waals surface area contributed by atoms with Crippen LogP contribution in [0.4, 0.5) is 5.13 Å². The van der Waals surface area contributed by atoms with Gasteiger partial charge in [0, 0.05) is 14.0 Å². The Labute approximate surface area is 67.9 Å². The van der Waals surface area contributed by atoms with Gasteiger partial charge < -0.3 is 10.4 Å². The minimum absolute atomic E-state index is 0.165. The number of Topliss-reactive ketones (excluding diaryl/α,β-unsaturated/α-hetero) is 1. The summed E-state index contributed by atoms with van der Waals surface area (Å²) in [5, 5.41) is 12.4. The number of carbonyl (C=O) groups excluding carboxylic acids is 1. The van der Waals surface area contributed by atoms with Gasteiger partial charge in [-0.05, 0) is 0 Å². The normalized spacial score (nSPS) is 9.64. The van der Waals surface area contributed by atoms with Crippen LogP contribution in [-0.4, -0.2) is 22.9 Å². The Balaban J connectivity index is 3.07. The second-order valence-electron chi connectivity index (χ2n) is 1.98. The maximum Gasteiger partial charge on any atom is 0.235 e. The van der Waals surface area contributed by atoms with Crippen molar-refractivity contribution in [3.63, 3.8) is 0 Å². The molecule has 1 aromatic heterocycles. The van der Waals surface area contributed by atoms with E-state index in [2.05, 4.69) is 10.3 Å². The Bertz CT molecular complexity index is 282. The van der Waals surface area contributed by atoms with Gasteiger partial charge in [0.2, 0.25) is 5.88 Å². The van der Waals surface area contributed by atoms with Gasteiger partial charge in [-0.15, -0.1) is 0 Å². The third kappa shape index (κ3) is 1.48. The summed E-state index contributed by atoms with van der Waals surface area (Å²) in [5.41, 5.74) is 0. The molecular formula is C6H8N2O2S. The molecule has 0 bridgehead atoms. The van der Waals surface area contributed by atoms with E-state index in [1.807, 2.05) is 0 Å². The molecule has 0 aromatic carbocycles. The fourth-order valence-corrected chi connectivity index (χ4v) is 1.36. The number of ketones is 1. The van der Waals surface area contributed by atoms with E-state index in [1.165, 1.54) is 6.92 Å². The van der Waals surface area contributed by atoms with Gasteiger partial charge in [0.25, 0.3) is 0 Å². The number of carbonyl (C=O) groups is 1. The SMILES string of the molecule is CNc1nc(O)c(C(C)=O)s1. The molecule has 0 aliphatic heterocycles. The Morgan fingerprint density at radius 1 is 1.73 bits per heavy atom. The van der Waals surface area contributed by atoms with Crippen molar-refractivity contribution in [2.24, 2.45) is 0 Å². The lowest BCUT2D eigenvalue weighted by molar-refractivity contribution is 0.101. The Morgan fingerprint density at radius 3 is 2.64 bits per heavy atom. The molecule has 0 saturated heterocycles. The van der Waals surface area contributed by atoms with Crippen LogP contribution in [0.1, 0.15) is 16.6 Å². The topological polar surface area (TPSA) is 62.2 Å². The third-order valence-electron chi connectivity index (χ3n) is 1.14. The van der Waals surface area contributed by atoms with Gasteiger partial charge in [0.05, 0.1) is 0 Å². The summed E-state index contributed by atoms with van der Waals surface area (Å²) < 4.78 is 0. The molecule has 0 spiro atoms. The molecule has 0 radical (unpaired) electrons. The van der Waals surface area contributed by atoms with E-state index in [-0.39, 0.29) is 11.7 Å². The zero-order valence-corrected chi connectivity index (χ0v) is 7.03. The second-order valence-corrected chi connectivity index (χ2v) is 2.98. The van der Waals surface area contributed by atoms with Gasteiger partial charge in [0.15, 0.2) is 10.9 Å². The van der Waals surface area contributed by atoms with Gasteiger partial charge in [-0.3, -0.25) is 4.79 Å². The van der Waals surface area contributed by atoms with Crippen LogP contribution < -0.4 is 5.32 Å². The lowest BCUT2D eigenvalue weighted by atomic mass is 10.4. The van der Waals surface area contributed by atoms with Gasteiger partial charge in [-0.25, -0.2) is 0 Å². The molecule has 1 heterocycles. The van der Waals surface area contributed by atoms with E-state index in [0.29, 0.717) is 10.0 Å². The van der Waals surface area contributed by atoms with E-state index in [0.717, 1.165) is 11.3 Å². The van der Waals surface area contributed by atoms with Crippen LogP contribution in [0.2, 0.25) is 0 Å². The van der Waals surface area contributed by atoms with Gasteiger partial charge >= 0.3 is 0 Å². The summed E-state index contributed by atoms with van der Waals surface area (Å²) in [4.78, 5) is 14.8. The highest BCUT2D eigenvalue weighted by Crippen LogP contribution is 2.27. The van der Waals surface area contributed by atoms with E-state index >= 15 is 0 Å². The highest BCUT2D eigenvalue weighted by Gasteiger charge is 2.12. The van der Waals surface area contributed by atoms with E-state index in [4.69, 9.17) is 5.11 Å². The van der Waals surface area contributed by atoms with Crippen molar-refractivity contribution in [3.8, 4) is 5.88 Å². The number of nitrogens with one attached hydrogen (secondary N) is 1. The van der Waals surface area contributed by atoms with Crippen LogP contribution in [-0.2, 0) is 0 Å². The number of aromatic hydroxyl groups is 1. The number of rotatable bonds is 2. The third-order valence-corrected chi connectivity index (χ3v) is 2.31. The predicted octanol–water partition coefficient (Wildman–Crippen LogP) is 1.09. The van der Waals surface area contributed by atoms with Crippen LogP contribution in [0, 0.1) is 0 Å². The van der Waals surface area contributed by atoms with E-state index in [1.54, 1.807) is 7.05 Å². The van der Waals surface area contributed by atoms with Crippen LogP contribution in [0.25, 0.3) is 0 Å². The number of hydrogen-bond acceptors (Lipinski definition) is 5. The number of anilines is 1. The second kappa shape index (κ2) is 2.87. The molecule has 2 N–H and O–H groups in total. The summed E-state index contributed by atoms with van der Waals surface area (Å²) in [5.74, 6) is -0.353. The van der Waals surface area contributed by atoms with Crippen molar-refractivity contribution in [2.75, 3.05) is 12.4 Å². The van der Waals surface area contributed by atoms with Crippen LogP contribution >= 0.6 is 11.3 Å². The molecule has 0 atom stereocenters. The number of thiazole rings is 1. The average Bonchev–Trinajstić information content (AvgIpc) is 2.30. The maximum absolute atomic E-state index is 10.8. The molecule has 1 aromatic rings. The summed E-state index contributed by atoms with van der Waals surface area (Å²) in [6, 6.07) is 0. The summed E-state index contributed by atoms with van der Waals surface area (Å²) >= 11 is 1.15. The lowest BCUT2D eigenvalue weighted by Gasteiger charge is -1.85. The first-order chi connectivity index (χ1) is 5.15. The molecule has 0 unspecified atom stereocenters. The zero-order chi connectivity index (χ0) is 8.43. The van der Waals surface area contributed by atoms with Crippen molar-refractivity contribution < 1.29 is 9.90 Å². The lowest BCUT2D eigenvalue weighted by Crippen LogP contribution is -1.85. The average molecular weight is 172 g/mol. The highest BCUT2D eigenvalue weighted by atomic mass is 32.1. The molecule has 11 heavy (non-hydrogen) atoms. The Kier molecular flexibility index (Phi) is 2.09. The van der Waals surface area contributed by atoms with E-state index < -0.39 is 0 Å². The first kappa shape index (κ1) is 8.00. The first-order valence-electron chi connectivity index (χ1n) is 3.03. The minimum atomic E-state index is -0.188. The van der Waals surface area contributed by atoms with E-state index in [9.17, 15) is 4.79 Å². The van der Waals surface area contributed by atoms with Crippen molar-refractivity contribution in [1.29, 1.82) is 0 Å². The Hall–Kier alpha value is -1.10. The molecule has 0 saturated carbocycles. The molecular weight excluding hydrogens is 164 g/mol. The molecule has 0 amide bonds. The van der Waals surface area contributed by atoms with Gasteiger partial charge in [-0.2, -0.15) is 4.98 Å². The maximum atomic E-state index is 10.8. The van der Waals surface area contributed by atoms with Gasteiger partial charge in [-0.1, -0.05) is 11.3 Å². The summed E-state index contributed by atoms with van der Waals surface area (Å²) in [6.07, 6.45) is 0. The fraction of sp³-hybridized carbons (Fsp3) is 0.333. The standard InChI is InChI=1S/C6H8N2O2S/c1-3(9)4-5(10)8-6(7-2)11-4/h10H,1-2H3,(H,7,8). The molecule has 0 aliphatic carbocycles. The zero-order valence-electron chi connectivity index (χ0n) is 6.21. The first-order valence-corrected chi connectivity index (χ1v) is 3.85. The monoisotopic (exact) mass is 172 g/mol. The van der Waals surface area contributed by atoms with Crippen molar-refractivity contribution in [1.82, 2.24) is 4.98 Å². The van der Waals surface area contributed by atoms with Crippen molar-refractivity contribution >= 4 is 22.3 Å². The fourth-order valence-electron chi connectivity index (χ4n) is 0.648. The van der Waals surface area contributed by atoms with Crippen molar-refractivity contribution in [3.05, 3.63) is 4.88 Å².